The van der Waals surface area contributed by atoms with Gasteiger partial charge >= 0.3 is 0 Å². The highest BCUT2D eigenvalue weighted by molar-refractivity contribution is 5.79. The maximum absolute atomic E-state index is 4.73. The van der Waals surface area contributed by atoms with Crippen LogP contribution < -0.4 is 5.32 Å². The normalized spacial score (nSPS) is 17.5. The van der Waals surface area contributed by atoms with E-state index in [2.05, 4.69) is 42.6 Å². The fourth-order valence-electron chi connectivity index (χ4n) is 2.77. The van der Waals surface area contributed by atoms with Crippen molar-refractivity contribution in [1.82, 2.24) is 10.3 Å². The van der Waals surface area contributed by atoms with Gasteiger partial charge in [0.2, 0.25) is 0 Å². The predicted octanol–water partition coefficient (Wildman–Crippen LogP) is 3.01. The smallest absolute Gasteiger partial charge is 0.0705 e. The Hall–Kier alpha value is -1.41. The first-order valence-electron chi connectivity index (χ1n) is 6.41. The van der Waals surface area contributed by atoms with E-state index >= 15 is 0 Å². The summed E-state index contributed by atoms with van der Waals surface area (Å²) >= 11 is 0. The Morgan fingerprint density at radius 2 is 1.94 bits per heavy atom. The molecule has 1 aliphatic rings. The van der Waals surface area contributed by atoms with E-state index < -0.39 is 0 Å². The Balaban J connectivity index is 2.06. The van der Waals surface area contributed by atoms with Crippen molar-refractivity contribution in [3.8, 4) is 0 Å². The lowest BCUT2D eigenvalue weighted by Gasteiger charge is -2.24. The molecule has 1 aromatic carbocycles. The summed E-state index contributed by atoms with van der Waals surface area (Å²) in [5.74, 6) is 0.688. The van der Waals surface area contributed by atoms with Gasteiger partial charge in [0.15, 0.2) is 0 Å². The maximum atomic E-state index is 4.73. The molecule has 1 aliphatic heterocycles. The van der Waals surface area contributed by atoms with Crippen LogP contribution in [-0.4, -0.2) is 18.1 Å². The third kappa shape index (κ3) is 2.05. The van der Waals surface area contributed by atoms with E-state index in [0.717, 1.165) is 18.6 Å². The van der Waals surface area contributed by atoms with Gasteiger partial charge in [0.1, 0.15) is 0 Å². The van der Waals surface area contributed by atoms with Crippen LogP contribution in [0.2, 0.25) is 0 Å². The maximum Gasteiger partial charge on any atom is 0.0705 e. The molecule has 3 rings (SSSR count). The molecule has 1 N–H and O–H groups in total. The van der Waals surface area contributed by atoms with Crippen molar-refractivity contribution in [1.29, 1.82) is 0 Å². The topological polar surface area (TPSA) is 24.9 Å². The molecule has 0 amide bonds. The number of fused-ring (bicyclic) bond motifs is 1. The van der Waals surface area contributed by atoms with E-state index in [-0.39, 0.29) is 0 Å². The van der Waals surface area contributed by atoms with Crippen molar-refractivity contribution in [3.63, 3.8) is 0 Å². The Bertz CT molecular complexity index is 527. The summed E-state index contributed by atoms with van der Waals surface area (Å²) in [6, 6.07) is 10.7. The van der Waals surface area contributed by atoms with Crippen molar-refractivity contribution in [3.05, 3.63) is 41.6 Å². The van der Waals surface area contributed by atoms with E-state index in [1.165, 1.54) is 29.5 Å². The Morgan fingerprint density at radius 1 is 1.18 bits per heavy atom. The summed E-state index contributed by atoms with van der Waals surface area (Å²) in [4.78, 5) is 4.73. The number of benzene rings is 1. The number of piperidine rings is 1. The van der Waals surface area contributed by atoms with Crippen molar-refractivity contribution >= 4 is 10.9 Å². The van der Waals surface area contributed by atoms with Crippen LogP contribution in [0.25, 0.3) is 10.9 Å². The molecule has 2 nitrogen and oxygen atoms in total. The first-order valence-corrected chi connectivity index (χ1v) is 6.41. The zero-order valence-corrected chi connectivity index (χ0v) is 10.2. The summed E-state index contributed by atoms with van der Waals surface area (Å²) < 4.78 is 0. The van der Waals surface area contributed by atoms with E-state index in [1.54, 1.807) is 0 Å². The number of nitrogens with zero attached hydrogens (tertiary/aromatic N) is 1. The molecule has 0 saturated carbocycles. The lowest BCUT2D eigenvalue weighted by molar-refractivity contribution is 0.458. The van der Waals surface area contributed by atoms with Gasteiger partial charge in [0.05, 0.1) is 5.52 Å². The minimum atomic E-state index is 0.688. The molecule has 0 bridgehead atoms. The fourth-order valence-corrected chi connectivity index (χ4v) is 2.77. The van der Waals surface area contributed by atoms with Crippen LogP contribution in [-0.2, 0) is 0 Å². The lowest BCUT2D eigenvalue weighted by atomic mass is 9.88. The van der Waals surface area contributed by atoms with Crippen molar-refractivity contribution < 1.29 is 0 Å². The van der Waals surface area contributed by atoms with Gasteiger partial charge in [-0.05, 0) is 56.5 Å². The summed E-state index contributed by atoms with van der Waals surface area (Å²) in [7, 11) is 0. The SMILES string of the molecule is Cc1nc2ccccc2cc1C1CCNCC1. The molecule has 0 radical (unpaired) electrons. The number of nitrogens with one attached hydrogen (secondary N) is 1. The second kappa shape index (κ2) is 4.46. The van der Waals surface area contributed by atoms with E-state index in [0.29, 0.717) is 5.92 Å². The average molecular weight is 226 g/mol. The Kier molecular flexibility index (Phi) is 2.81. The highest BCUT2D eigenvalue weighted by Crippen LogP contribution is 2.29. The van der Waals surface area contributed by atoms with Gasteiger partial charge in [-0.3, -0.25) is 4.98 Å². The Labute approximate surface area is 102 Å². The number of rotatable bonds is 1. The molecule has 1 saturated heterocycles. The number of hydrogen-bond acceptors (Lipinski definition) is 2. The molecule has 17 heavy (non-hydrogen) atoms. The second-order valence-corrected chi connectivity index (χ2v) is 4.88. The molecule has 0 atom stereocenters. The van der Waals surface area contributed by atoms with Crippen LogP contribution in [0, 0.1) is 6.92 Å². The van der Waals surface area contributed by atoms with E-state index in [1.807, 2.05) is 0 Å². The van der Waals surface area contributed by atoms with Gasteiger partial charge < -0.3 is 5.32 Å². The Morgan fingerprint density at radius 3 is 2.76 bits per heavy atom. The van der Waals surface area contributed by atoms with Crippen LogP contribution in [0.1, 0.15) is 30.0 Å². The molecule has 1 aromatic heterocycles. The number of pyridine rings is 1. The summed E-state index contributed by atoms with van der Waals surface area (Å²) in [6.45, 7) is 4.41. The van der Waals surface area contributed by atoms with Crippen molar-refractivity contribution in [2.75, 3.05) is 13.1 Å². The van der Waals surface area contributed by atoms with Crippen molar-refractivity contribution in [2.24, 2.45) is 0 Å². The lowest BCUT2D eigenvalue weighted by Crippen LogP contribution is -2.27. The molecule has 0 aliphatic carbocycles. The predicted molar refractivity (Wildman–Crippen MR) is 71.3 cm³/mol. The van der Waals surface area contributed by atoms with Gasteiger partial charge in [0.25, 0.3) is 0 Å². The molecule has 2 heteroatoms. The minimum absolute atomic E-state index is 0.688. The summed E-state index contributed by atoms with van der Waals surface area (Å²) in [5, 5.41) is 4.69. The zero-order chi connectivity index (χ0) is 11.7. The fraction of sp³-hybridized carbons (Fsp3) is 0.400. The van der Waals surface area contributed by atoms with Crippen LogP contribution in [0.4, 0.5) is 0 Å². The molecule has 2 heterocycles. The minimum Gasteiger partial charge on any atom is -0.317 e. The number of hydrogen-bond donors (Lipinski definition) is 1. The number of aromatic nitrogens is 1. The third-order valence-electron chi connectivity index (χ3n) is 3.73. The summed E-state index contributed by atoms with van der Waals surface area (Å²) in [5.41, 5.74) is 3.77. The summed E-state index contributed by atoms with van der Waals surface area (Å²) in [6.07, 6.45) is 2.47. The van der Waals surface area contributed by atoms with E-state index in [4.69, 9.17) is 4.98 Å². The quantitative estimate of drug-likeness (QED) is 0.808. The zero-order valence-electron chi connectivity index (χ0n) is 10.2. The molecule has 1 fully saturated rings. The molecule has 0 spiro atoms. The standard InChI is InChI=1S/C15H18N2/c1-11-14(12-6-8-16-9-7-12)10-13-4-2-3-5-15(13)17-11/h2-5,10,12,16H,6-9H2,1H3. The third-order valence-corrected chi connectivity index (χ3v) is 3.73. The second-order valence-electron chi connectivity index (χ2n) is 4.88. The van der Waals surface area contributed by atoms with Crippen molar-refractivity contribution in [2.45, 2.75) is 25.7 Å². The van der Waals surface area contributed by atoms with Gasteiger partial charge in [-0.25, -0.2) is 0 Å². The molecule has 0 unspecified atom stereocenters. The van der Waals surface area contributed by atoms with Gasteiger partial charge in [-0.2, -0.15) is 0 Å². The monoisotopic (exact) mass is 226 g/mol. The number of para-hydroxylation sites is 1. The first-order chi connectivity index (χ1) is 8.34. The number of aryl methyl sites for hydroxylation is 1. The van der Waals surface area contributed by atoms with Crippen LogP contribution in [0.5, 0.6) is 0 Å². The highest BCUT2D eigenvalue weighted by atomic mass is 14.9. The van der Waals surface area contributed by atoms with Crippen LogP contribution in [0.3, 0.4) is 0 Å². The molecule has 2 aromatic rings. The van der Waals surface area contributed by atoms with Crippen LogP contribution in [0.15, 0.2) is 30.3 Å². The highest BCUT2D eigenvalue weighted by Gasteiger charge is 2.17. The molecule has 88 valence electrons. The first kappa shape index (κ1) is 10.7. The molecular formula is C15H18N2. The van der Waals surface area contributed by atoms with Gasteiger partial charge in [-0.1, -0.05) is 18.2 Å². The largest absolute Gasteiger partial charge is 0.317 e. The van der Waals surface area contributed by atoms with Gasteiger partial charge in [-0.15, -0.1) is 0 Å². The van der Waals surface area contributed by atoms with E-state index in [9.17, 15) is 0 Å². The van der Waals surface area contributed by atoms with Crippen LogP contribution >= 0.6 is 0 Å². The average Bonchev–Trinajstić information content (AvgIpc) is 2.39. The van der Waals surface area contributed by atoms with Gasteiger partial charge in [0, 0.05) is 11.1 Å². The molecular weight excluding hydrogens is 208 g/mol.